The Morgan fingerprint density at radius 3 is 2.90 bits per heavy atom. The van der Waals surface area contributed by atoms with E-state index in [0.29, 0.717) is 5.92 Å². The smallest absolute Gasteiger partial charge is 0.231 e. The van der Waals surface area contributed by atoms with Gasteiger partial charge in [-0.2, -0.15) is 0 Å². The van der Waals surface area contributed by atoms with Gasteiger partial charge in [0.15, 0.2) is 11.5 Å². The van der Waals surface area contributed by atoms with Crippen molar-refractivity contribution in [2.75, 3.05) is 25.3 Å². The Bertz CT molecular complexity index is 630. The van der Waals surface area contributed by atoms with Crippen molar-refractivity contribution in [1.29, 1.82) is 0 Å². The van der Waals surface area contributed by atoms with Gasteiger partial charge < -0.3 is 19.9 Å². The first kappa shape index (κ1) is 13.9. The molecule has 0 saturated heterocycles. The van der Waals surface area contributed by atoms with Crippen molar-refractivity contribution in [2.24, 2.45) is 5.92 Å². The van der Waals surface area contributed by atoms with Crippen LogP contribution in [-0.2, 0) is 0 Å². The number of anilines is 1. The van der Waals surface area contributed by atoms with Gasteiger partial charge in [-0.1, -0.05) is 13.3 Å². The van der Waals surface area contributed by atoms with E-state index < -0.39 is 0 Å². The molecule has 1 aliphatic heterocycles. The maximum absolute atomic E-state index is 9.07. The fourth-order valence-corrected chi connectivity index (χ4v) is 2.58. The van der Waals surface area contributed by atoms with Gasteiger partial charge in [0.2, 0.25) is 6.79 Å². The number of benzene rings is 1. The van der Waals surface area contributed by atoms with Gasteiger partial charge in [0.05, 0.1) is 0 Å². The van der Waals surface area contributed by atoms with Crippen molar-refractivity contribution < 1.29 is 14.6 Å². The SMILES string of the molecule is CCC(CCO)CNc1nccc2cc3c(cc12)OCO3. The molecule has 1 aliphatic rings. The highest BCUT2D eigenvalue weighted by molar-refractivity contribution is 5.94. The van der Waals surface area contributed by atoms with Crippen LogP contribution in [-0.4, -0.2) is 30.0 Å². The van der Waals surface area contributed by atoms with E-state index in [-0.39, 0.29) is 13.4 Å². The highest BCUT2D eigenvalue weighted by Crippen LogP contribution is 2.37. The van der Waals surface area contributed by atoms with E-state index in [4.69, 9.17) is 14.6 Å². The minimum atomic E-state index is 0.224. The van der Waals surface area contributed by atoms with Crippen LogP contribution in [0.5, 0.6) is 11.5 Å². The molecule has 1 aromatic carbocycles. The van der Waals surface area contributed by atoms with E-state index in [1.807, 2.05) is 18.2 Å². The number of rotatable bonds is 6. The summed E-state index contributed by atoms with van der Waals surface area (Å²) in [6, 6.07) is 5.92. The van der Waals surface area contributed by atoms with Crippen LogP contribution in [0.2, 0.25) is 0 Å². The molecule has 1 unspecified atom stereocenters. The van der Waals surface area contributed by atoms with Crippen molar-refractivity contribution in [3.05, 3.63) is 24.4 Å². The molecular weight excluding hydrogens is 268 g/mol. The fraction of sp³-hybridized carbons (Fsp3) is 0.438. The van der Waals surface area contributed by atoms with E-state index in [1.54, 1.807) is 6.20 Å². The lowest BCUT2D eigenvalue weighted by atomic mass is 10.0. The van der Waals surface area contributed by atoms with Crippen LogP contribution in [0, 0.1) is 5.92 Å². The zero-order valence-corrected chi connectivity index (χ0v) is 12.1. The van der Waals surface area contributed by atoms with Crippen LogP contribution in [0.3, 0.4) is 0 Å². The number of ether oxygens (including phenoxy) is 2. The molecule has 5 heteroatoms. The lowest BCUT2D eigenvalue weighted by Crippen LogP contribution is -2.15. The summed E-state index contributed by atoms with van der Waals surface area (Å²) in [5.41, 5.74) is 0. The molecule has 112 valence electrons. The summed E-state index contributed by atoms with van der Waals surface area (Å²) in [5, 5.41) is 14.6. The highest BCUT2D eigenvalue weighted by Gasteiger charge is 2.16. The molecule has 1 aromatic heterocycles. The third-order valence-electron chi connectivity index (χ3n) is 3.93. The largest absolute Gasteiger partial charge is 0.454 e. The van der Waals surface area contributed by atoms with Crippen LogP contribution in [0.4, 0.5) is 5.82 Å². The van der Waals surface area contributed by atoms with Gasteiger partial charge in [0.25, 0.3) is 0 Å². The van der Waals surface area contributed by atoms with Crippen LogP contribution in [0.1, 0.15) is 19.8 Å². The molecular formula is C16H20N2O3. The van der Waals surface area contributed by atoms with Gasteiger partial charge in [-0.3, -0.25) is 0 Å². The lowest BCUT2D eigenvalue weighted by molar-refractivity contribution is 0.174. The number of hydrogen-bond donors (Lipinski definition) is 2. The third kappa shape index (κ3) is 2.88. The predicted molar refractivity (Wildman–Crippen MR) is 81.8 cm³/mol. The Hall–Kier alpha value is -2.01. The summed E-state index contributed by atoms with van der Waals surface area (Å²) in [6.45, 7) is 3.44. The average molecular weight is 288 g/mol. The Morgan fingerprint density at radius 2 is 2.14 bits per heavy atom. The van der Waals surface area contributed by atoms with Gasteiger partial charge in [-0.25, -0.2) is 4.98 Å². The van der Waals surface area contributed by atoms with Gasteiger partial charge in [-0.15, -0.1) is 0 Å². The van der Waals surface area contributed by atoms with Crippen molar-refractivity contribution >= 4 is 16.6 Å². The quantitative estimate of drug-likeness (QED) is 0.855. The zero-order chi connectivity index (χ0) is 14.7. The van der Waals surface area contributed by atoms with Crippen molar-refractivity contribution in [1.82, 2.24) is 4.98 Å². The Morgan fingerprint density at radius 1 is 1.33 bits per heavy atom. The molecule has 2 N–H and O–H groups in total. The molecule has 0 aliphatic carbocycles. The molecule has 0 bridgehead atoms. The van der Waals surface area contributed by atoms with Crippen molar-refractivity contribution in [2.45, 2.75) is 19.8 Å². The average Bonchev–Trinajstić information content (AvgIpc) is 2.96. The van der Waals surface area contributed by atoms with E-state index in [0.717, 1.165) is 47.5 Å². The first-order chi connectivity index (χ1) is 10.3. The van der Waals surface area contributed by atoms with Crippen molar-refractivity contribution in [3.63, 3.8) is 0 Å². The Balaban J connectivity index is 1.85. The van der Waals surface area contributed by atoms with Gasteiger partial charge in [0.1, 0.15) is 5.82 Å². The topological polar surface area (TPSA) is 63.6 Å². The van der Waals surface area contributed by atoms with E-state index >= 15 is 0 Å². The molecule has 21 heavy (non-hydrogen) atoms. The zero-order valence-electron chi connectivity index (χ0n) is 12.1. The number of nitrogens with zero attached hydrogens (tertiary/aromatic N) is 1. The van der Waals surface area contributed by atoms with Crippen LogP contribution in [0.25, 0.3) is 10.8 Å². The normalized spacial score (nSPS) is 14.4. The number of aromatic nitrogens is 1. The number of fused-ring (bicyclic) bond motifs is 2. The van der Waals surface area contributed by atoms with Crippen LogP contribution >= 0.6 is 0 Å². The highest BCUT2D eigenvalue weighted by atomic mass is 16.7. The summed E-state index contributed by atoms with van der Waals surface area (Å²) in [5.74, 6) is 2.84. The molecule has 0 fully saturated rings. The number of pyridine rings is 1. The predicted octanol–water partition coefficient (Wildman–Crippen LogP) is 2.78. The molecule has 0 spiro atoms. The van der Waals surface area contributed by atoms with Crippen LogP contribution < -0.4 is 14.8 Å². The van der Waals surface area contributed by atoms with E-state index in [2.05, 4.69) is 17.2 Å². The first-order valence-corrected chi connectivity index (χ1v) is 7.35. The van der Waals surface area contributed by atoms with Gasteiger partial charge in [-0.05, 0) is 35.9 Å². The lowest BCUT2D eigenvalue weighted by Gasteiger charge is -2.16. The minimum Gasteiger partial charge on any atom is -0.454 e. The Labute approximate surface area is 123 Å². The van der Waals surface area contributed by atoms with Gasteiger partial charge in [0, 0.05) is 24.7 Å². The molecule has 0 amide bonds. The second kappa shape index (κ2) is 6.18. The molecule has 2 aromatic rings. The molecule has 0 radical (unpaired) electrons. The summed E-state index contributed by atoms with van der Waals surface area (Å²) in [7, 11) is 0. The molecule has 0 saturated carbocycles. The fourth-order valence-electron chi connectivity index (χ4n) is 2.58. The molecule has 2 heterocycles. The Kier molecular flexibility index (Phi) is 4.10. The number of aliphatic hydroxyl groups is 1. The second-order valence-electron chi connectivity index (χ2n) is 5.25. The summed E-state index contributed by atoms with van der Waals surface area (Å²) in [6.07, 6.45) is 3.63. The molecule has 3 rings (SSSR count). The summed E-state index contributed by atoms with van der Waals surface area (Å²) in [4.78, 5) is 4.43. The number of nitrogens with one attached hydrogen (secondary N) is 1. The molecule has 1 atom stereocenters. The third-order valence-corrected chi connectivity index (χ3v) is 3.93. The number of hydrogen-bond acceptors (Lipinski definition) is 5. The maximum Gasteiger partial charge on any atom is 0.231 e. The summed E-state index contributed by atoms with van der Waals surface area (Å²) < 4.78 is 10.8. The van der Waals surface area contributed by atoms with Crippen LogP contribution in [0.15, 0.2) is 24.4 Å². The number of aliphatic hydroxyl groups excluding tert-OH is 1. The first-order valence-electron chi connectivity index (χ1n) is 7.35. The maximum atomic E-state index is 9.07. The summed E-state index contributed by atoms with van der Waals surface area (Å²) >= 11 is 0. The van der Waals surface area contributed by atoms with Gasteiger partial charge >= 0.3 is 0 Å². The standard InChI is InChI=1S/C16H20N2O3/c1-2-11(4-6-19)9-18-16-13-8-15-14(20-10-21-15)7-12(13)3-5-17-16/h3,5,7-8,11,19H,2,4,6,9-10H2,1H3,(H,17,18). The second-order valence-corrected chi connectivity index (χ2v) is 5.25. The minimum absolute atomic E-state index is 0.224. The molecule has 5 nitrogen and oxygen atoms in total. The van der Waals surface area contributed by atoms with E-state index in [9.17, 15) is 0 Å². The monoisotopic (exact) mass is 288 g/mol. The van der Waals surface area contributed by atoms with E-state index in [1.165, 1.54) is 0 Å². The van der Waals surface area contributed by atoms with Crippen molar-refractivity contribution in [3.8, 4) is 11.5 Å².